The molecule has 8 rings (SSSR count). The zero-order chi connectivity index (χ0) is 40.9. The van der Waals surface area contributed by atoms with E-state index in [9.17, 15) is 14.4 Å². The van der Waals surface area contributed by atoms with Gasteiger partial charge in [0.15, 0.2) is 17.4 Å². The lowest BCUT2D eigenvalue weighted by molar-refractivity contribution is -0.141. The van der Waals surface area contributed by atoms with Crippen molar-refractivity contribution >= 4 is 17.7 Å². The molecule has 0 aromatic heterocycles. The summed E-state index contributed by atoms with van der Waals surface area (Å²) in [6.45, 7) is 0.338. The molecule has 0 radical (unpaired) electrons. The van der Waals surface area contributed by atoms with Crippen LogP contribution in [-0.2, 0) is 16.2 Å². The Morgan fingerprint density at radius 2 is 1.42 bits per heavy atom. The maximum Gasteiger partial charge on any atom is 0.254 e. The van der Waals surface area contributed by atoms with Gasteiger partial charge in [-0.2, -0.15) is 0 Å². The van der Waals surface area contributed by atoms with Crippen molar-refractivity contribution in [1.29, 1.82) is 0 Å². The minimum atomic E-state index is -1.55. The number of ether oxygens (including phenoxy) is 3. The summed E-state index contributed by atoms with van der Waals surface area (Å²) in [4.78, 5) is 44.6. The molecule has 4 unspecified atom stereocenters. The molecule has 0 spiro atoms. The Labute approximate surface area is 342 Å². The van der Waals surface area contributed by atoms with Gasteiger partial charge < -0.3 is 29.3 Å². The Bertz CT molecular complexity index is 2120. The van der Waals surface area contributed by atoms with Crippen LogP contribution in [0.2, 0.25) is 0 Å². The van der Waals surface area contributed by atoms with E-state index >= 15 is 13.2 Å². The van der Waals surface area contributed by atoms with Crippen molar-refractivity contribution in [3.05, 3.63) is 119 Å². The summed E-state index contributed by atoms with van der Waals surface area (Å²) in [5.74, 6) is -2.36. The van der Waals surface area contributed by atoms with Crippen molar-refractivity contribution < 1.29 is 41.8 Å². The first-order valence-corrected chi connectivity index (χ1v) is 21.0. The van der Waals surface area contributed by atoms with Gasteiger partial charge in [0.25, 0.3) is 5.91 Å². The van der Waals surface area contributed by atoms with Gasteiger partial charge in [0.2, 0.25) is 11.8 Å². The summed E-state index contributed by atoms with van der Waals surface area (Å²) in [6, 6.07) is 20.9. The highest BCUT2D eigenvalue weighted by molar-refractivity contribution is 5.99. The summed E-state index contributed by atoms with van der Waals surface area (Å²) in [5, 5.41) is 3.17. The first kappa shape index (κ1) is 40.3. The van der Waals surface area contributed by atoms with Crippen molar-refractivity contribution in [3.63, 3.8) is 0 Å². The van der Waals surface area contributed by atoms with Crippen LogP contribution in [0, 0.1) is 17.6 Å². The molecule has 310 valence electrons. The quantitative estimate of drug-likeness (QED) is 0.172. The molecule has 0 bridgehead atoms. The molecule has 3 fully saturated rings. The predicted molar refractivity (Wildman–Crippen MR) is 215 cm³/mol. The van der Waals surface area contributed by atoms with E-state index < -0.39 is 65.9 Å². The van der Waals surface area contributed by atoms with Gasteiger partial charge in [-0.15, -0.1) is 0 Å². The first-order chi connectivity index (χ1) is 28.7. The molecule has 12 heteroatoms. The second-order valence-corrected chi connectivity index (χ2v) is 16.2. The third-order valence-electron chi connectivity index (χ3n) is 12.1. The van der Waals surface area contributed by atoms with E-state index in [0.717, 1.165) is 41.0 Å². The number of nitrogens with zero attached hydrogens (tertiary/aromatic N) is 2. The van der Waals surface area contributed by atoms with Gasteiger partial charge in [-0.25, -0.2) is 13.2 Å². The molecule has 1 aliphatic carbocycles. The van der Waals surface area contributed by atoms with E-state index in [4.69, 9.17) is 14.2 Å². The molecule has 4 aromatic rings. The third-order valence-corrected chi connectivity index (χ3v) is 12.1. The number of carbonyl (C=O) groups is 3. The summed E-state index contributed by atoms with van der Waals surface area (Å²) in [7, 11) is 0. The van der Waals surface area contributed by atoms with Crippen LogP contribution in [0.4, 0.5) is 13.2 Å². The molecule has 4 aliphatic rings. The van der Waals surface area contributed by atoms with Crippen LogP contribution in [0.15, 0.2) is 84.9 Å². The third kappa shape index (κ3) is 9.06. The summed E-state index contributed by atoms with van der Waals surface area (Å²) >= 11 is 0. The maximum absolute atomic E-state index is 15.2. The zero-order valence-corrected chi connectivity index (χ0v) is 33.1. The average molecular weight is 810 g/mol. The number of para-hydroxylation sites is 1. The maximum atomic E-state index is 15.2. The zero-order valence-electron chi connectivity index (χ0n) is 33.1. The Hall–Kier alpha value is -5.52. The number of likely N-dealkylation sites (tertiary alicyclic amines) is 2. The van der Waals surface area contributed by atoms with Gasteiger partial charge in [0, 0.05) is 35.7 Å². The first-order valence-electron chi connectivity index (χ1n) is 21.0. The van der Waals surface area contributed by atoms with Crippen molar-refractivity contribution in [3.8, 4) is 23.0 Å². The van der Waals surface area contributed by atoms with Crippen LogP contribution in [0.5, 0.6) is 23.0 Å². The van der Waals surface area contributed by atoms with Crippen LogP contribution >= 0.6 is 0 Å². The minimum absolute atomic E-state index is 0.0947. The summed E-state index contributed by atoms with van der Waals surface area (Å²) in [5.41, 5.74) is 1.81. The topological polar surface area (TPSA) is 97.4 Å². The van der Waals surface area contributed by atoms with E-state index in [1.807, 2.05) is 42.5 Å². The fraction of sp³-hybridized carbons (Fsp3) is 0.426. The SMILES string of the molecule is O=C(NC1c2ccccc2Oc2cc(OCC3CCCCCCCC3)ccc21)C1CCCN1C(=O)C1CC(F)CN1C(=O)c1cc(F)c(OCc2ccccc2)c(F)c1. The van der Waals surface area contributed by atoms with Crippen LogP contribution in [0.1, 0.15) is 104 Å². The molecule has 3 amide bonds. The molecule has 4 atom stereocenters. The van der Waals surface area contributed by atoms with Gasteiger partial charge in [-0.1, -0.05) is 87.1 Å². The number of nitrogens with one attached hydrogen (secondary N) is 1. The monoisotopic (exact) mass is 809 g/mol. The lowest BCUT2D eigenvalue weighted by atomic mass is 9.94. The molecule has 59 heavy (non-hydrogen) atoms. The van der Waals surface area contributed by atoms with E-state index in [2.05, 4.69) is 5.32 Å². The number of halogens is 3. The second kappa shape index (κ2) is 18.2. The number of benzene rings is 4. The lowest BCUT2D eigenvalue weighted by Crippen LogP contribution is -2.53. The number of fused-ring (bicyclic) bond motifs is 2. The minimum Gasteiger partial charge on any atom is -0.493 e. The van der Waals surface area contributed by atoms with E-state index in [0.29, 0.717) is 48.2 Å². The molecule has 3 aliphatic heterocycles. The molecular formula is C47H50F3N3O6. The Balaban J connectivity index is 0.955. The normalized spacial score (nSPS) is 21.9. The van der Waals surface area contributed by atoms with Crippen molar-refractivity contribution in [2.45, 2.75) is 102 Å². The van der Waals surface area contributed by atoms with Crippen LogP contribution in [0.3, 0.4) is 0 Å². The number of carbonyl (C=O) groups excluding carboxylic acids is 3. The second-order valence-electron chi connectivity index (χ2n) is 16.2. The number of rotatable bonds is 10. The Morgan fingerprint density at radius 3 is 2.19 bits per heavy atom. The molecule has 9 nitrogen and oxygen atoms in total. The average Bonchev–Trinajstić information content (AvgIpc) is 3.92. The van der Waals surface area contributed by atoms with Gasteiger partial charge >= 0.3 is 0 Å². The van der Waals surface area contributed by atoms with Gasteiger partial charge in [-0.3, -0.25) is 14.4 Å². The number of alkyl halides is 1. The number of hydrogen-bond acceptors (Lipinski definition) is 6. The molecule has 2 saturated heterocycles. The highest BCUT2D eigenvalue weighted by atomic mass is 19.1. The lowest BCUT2D eigenvalue weighted by Gasteiger charge is -2.33. The molecular weight excluding hydrogens is 760 g/mol. The fourth-order valence-electron chi connectivity index (χ4n) is 8.98. The van der Waals surface area contributed by atoms with Crippen LogP contribution in [-0.4, -0.2) is 65.5 Å². The van der Waals surface area contributed by atoms with Crippen LogP contribution in [0.25, 0.3) is 0 Å². The summed E-state index contributed by atoms with van der Waals surface area (Å²) in [6.07, 6.45) is 8.95. The van der Waals surface area contributed by atoms with Crippen molar-refractivity contribution in [2.24, 2.45) is 5.92 Å². The summed E-state index contributed by atoms with van der Waals surface area (Å²) < 4.78 is 63.4. The Morgan fingerprint density at radius 1 is 0.729 bits per heavy atom. The van der Waals surface area contributed by atoms with Crippen LogP contribution < -0.4 is 19.5 Å². The standard InChI is InChI=1S/C47H50F3N3O6/c48-33-25-40(53(27-33)46(55)32-23-37(49)44(38(50)24-32)58-29-31-15-8-5-9-16-31)47(56)52-22-12-18-39(52)45(54)51-43-35-17-10-11-19-41(35)59-42-26-34(20-21-36(42)43)57-28-30-13-6-3-1-2-4-7-14-30/h5,8-11,15-17,19-21,23-24,26,30,33,39-40,43H,1-4,6-7,12-14,18,22,25,27-29H2,(H,51,54). The van der Waals surface area contributed by atoms with Gasteiger partial charge in [0.05, 0.1) is 19.2 Å². The van der Waals surface area contributed by atoms with Crippen molar-refractivity contribution in [1.82, 2.24) is 15.1 Å². The van der Waals surface area contributed by atoms with E-state index in [1.54, 1.807) is 30.3 Å². The molecule has 3 heterocycles. The fourth-order valence-corrected chi connectivity index (χ4v) is 8.98. The highest BCUT2D eigenvalue weighted by Crippen LogP contribution is 2.44. The number of amides is 3. The Kier molecular flexibility index (Phi) is 12.4. The van der Waals surface area contributed by atoms with Crippen molar-refractivity contribution in [2.75, 3.05) is 19.7 Å². The molecule has 1 saturated carbocycles. The van der Waals surface area contributed by atoms with Gasteiger partial charge in [0.1, 0.15) is 42.1 Å². The smallest absolute Gasteiger partial charge is 0.254 e. The van der Waals surface area contributed by atoms with E-state index in [-0.39, 0.29) is 25.1 Å². The van der Waals surface area contributed by atoms with Gasteiger partial charge in [-0.05, 0) is 67.5 Å². The van der Waals surface area contributed by atoms with E-state index in [1.165, 1.54) is 43.4 Å². The predicted octanol–water partition coefficient (Wildman–Crippen LogP) is 9.23. The number of hydrogen-bond donors (Lipinski definition) is 1. The largest absolute Gasteiger partial charge is 0.493 e. The highest BCUT2D eigenvalue weighted by Gasteiger charge is 2.46. The molecule has 1 N–H and O–H groups in total. The molecule has 4 aromatic carbocycles.